The number of rotatable bonds is 3. The molecule has 2 fully saturated rings. The van der Waals surface area contributed by atoms with Crippen molar-refractivity contribution in [2.45, 2.75) is 45.1 Å². The molecule has 0 radical (unpaired) electrons. The lowest BCUT2D eigenvalue weighted by Crippen LogP contribution is -2.55. The molecule has 0 aromatic carbocycles. The van der Waals surface area contributed by atoms with Crippen molar-refractivity contribution >= 4 is 11.8 Å². The highest BCUT2D eigenvalue weighted by Gasteiger charge is 2.38. The van der Waals surface area contributed by atoms with Crippen molar-refractivity contribution in [2.75, 3.05) is 11.9 Å². The van der Waals surface area contributed by atoms with Crippen LogP contribution in [0, 0.1) is 12.8 Å². The molecule has 3 heterocycles. The van der Waals surface area contributed by atoms with Crippen LogP contribution in [-0.4, -0.2) is 38.3 Å². The van der Waals surface area contributed by atoms with Gasteiger partial charge in [-0.05, 0) is 44.2 Å². The van der Waals surface area contributed by atoms with E-state index in [1.165, 1.54) is 25.7 Å². The standard InChI is InChI=1S/C19H25N5O/c1-13-16(15-11-20-23(2)12-15)7-8-18(21-13)22-19(25)24-10-9-17(24)14-5-3-4-6-14/h7-8,11-12,14,17H,3-6,9-10H2,1-2H3,(H,21,22,25). The van der Waals surface area contributed by atoms with Gasteiger partial charge in [-0.25, -0.2) is 9.78 Å². The second-order valence-electron chi connectivity index (χ2n) is 7.26. The largest absolute Gasteiger partial charge is 0.323 e. The summed E-state index contributed by atoms with van der Waals surface area (Å²) in [5, 5.41) is 7.18. The highest BCUT2D eigenvalue weighted by Crippen LogP contribution is 2.36. The zero-order chi connectivity index (χ0) is 17.4. The summed E-state index contributed by atoms with van der Waals surface area (Å²) in [7, 11) is 1.90. The van der Waals surface area contributed by atoms with Gasteiger partial charge < -0.3 is 4.90 Å². The molecule has 2 amide bonds. The van der Waals surface area contributed by atoms with E-state index in [0.717, 1.165) is 29.8 Å². The third-order valence-electron chi connectivity index (χ3n) is 5.61. The Kier molecular flexibility index (Phi) is 4.19. The first-order chi connectivity index (χ1) is 12.1. The van der Waals surface area contributed by atoms with Gasteiger partial charge in [0.2, 0.25) is 0 Å². The number of likely N-dealkylation sites (tertiary alicyclic amines) is 1. The first-order valence-corrected chi connectivity index (χ1v) is 9.16. The number of amides is 2. The van der Waals surface area contributed by atoms with Crippen molar-refractivity contribution < 1.29 is 4.79 Å². The zero-order valence-electron chi connectivity index (χ0n) is 14.9. The summed E-state index contributed by atoms with van der Waals surface area (Å²) in [6.45, 7) is 2.82. The summed E-state index contributed by atoms with van der Waals surface area (Å²) in [6.07, 6.45) is 10.1. The number of nitrogens with one attached hydrogen (secondary N) is 1. The molecule has 0 bridgehead atoms. The Hall–Kier alpha value is -2.37. The first kappa shape index (κ1) is 16.1. The van der Waals surface area contributed by atoms with Crippen LogP contribution >= 0.6 is 0 Å². The van der Waals surface area contributed by atoms with Crippen LogP contribution in [0.5, 0.6) is 0 Å². The normalized spacial score (nSPS) is 20.6. The molecule has 1 unspecified atom stereocenters. The summed E-state index contributed by atoms with van der Waals surface area (Å²) >= 11 is 0. The quantitative estimate of drug-likeness (QED) is 0.929. The molecule has 6 nitrogen and oxygen atoms in total. The lowest BCUT2D eigenvalue weighted by molar-refractivity contribution is 0.0853. The molecule has 2 aromatic rings. The van der Waals surface area contributed by atoms with Gasteiger partial charge in [0.25, 0.3) is 0 Å². The van der Waals surface area contributed by atoms with Gasteiger partial charge in [0.05, 0.1) is 6.20 Å². The van der Waals surface area contributed by atoms with Gasteiger partial charge in [-0.1, -0.05) is 12.8 Å². The SMILES string of the molecule is Cc1nc(NC(=O)N2CCC2C2CCCC2)ccc1-c1cnn(C)c1. The fourth-order valence-corrected chi connectivity index (χ4v) is 4.17. The van der Waals surface area contributed by atoms with E-state index in [4.69, 9.17) is 0 Å². The number of carbonyl (C=O) groups excluding carboxylic acids is 1. The number of hydrogen-bond acceptors (Lipinski definition) is 3. The van der Waals surface area contributed by atoms with Gasteiger partial charge in [-0.2, -0.15) is 5.10 Å². The third kappa shape index (κ3) is 3.13. The Morgan fingerprint density at radius 2 is 2.04 bits per heavy atom. The van der Waals surface area contributed by atoms with Crippen LogP contribution in [0.4, 0.5) is 10.6 Å². The number of pyridine rings is 1. The number of aromatic nitrogens is 3. The number of hydrogen-bond donors (Lipinski definition) is 1. The molecular formula is C19H25N5O. The summed E-state index contributed by atoms with van der Waals surface area (Å²) < 4.78 is 1.78. The monoisotopic (exact) mass is 339 g/mol. The molecule has 1 saturated carbocycles. The first-order valence-electron chi connectivity index (χ1n) is 9.16. The van der Waals surface area contributed by atoms with Crippen LogP contribution < -0.4 is 5.32 Å². The van der Waals surface area contributed by atoms with E-state index in [-0.39, 0.29) is 6.03 Å². The molecule has 1 aliphatic heterocycles. The van der Waals surface area contributed by atoms with Crippen molar-refractivity contribution in [3.8, 4) is 11.1 Å². The van der Waals surface area contributed by atoms with Crippen LogP contribution in [0.25, 0.3) is 11.1 Å². The maximum absolute atomic E-state index is 12.6. The maximum Gasteiger partial charge on any atom is 0.323 e. The smallest absolute Gasteiger partial charge is 0.321 e. The minimum absolute atomic E-state index is 0.0100. The molecule has 1 N–H and O–H groups in total. The summed E-state index contributed by atoms with van der Waals surface area (Å²) in [5.41, 5.74) is 2.97. The number of nitrogens with zero attached hydrogens (tertiary/aromatic N) is 4. The Bertz CT molecular complexity index is 778. The van der Waals surface area contributed by atoms with Crippen LogP contribution in [0.3, 0.4) is 0 Å². The summed E-state index contributed by atoms with van der Waals surface area (Å²) in [4.78, 5) is 19.1. The van der Waals surface area contributed by atoms with Crippen molar-refractivity contribution in [2.24, 2.45) is 13.0 Å². The maximum atomic E-state index is 12.6. The second-order valence-corrected chi connectivity index (χ2v) is 7.26. The summed E-state index contributed by atoms with van der Waals surface area (Å²) in [5.74, 6) is 1.31. The van der Waals surface area contributed by atoms with E-state index >= 15 is 0 Å². The molecule has 6 heteroatoms. The molecule has 1 atom stereocenters. The lowest BCUT2D eigenvalue weighted by Gasteiger charge is -2.44. The van der Waals surface area contributed by atoms with Crippen LogP contribution in [-0.2, 0) is 7.05 Å². The Morgan fingerprint density at radius 3 is 2.64 bits per heavy atom. The topological polar surface area (TPSA) is 63.1 Å². The van der Waals surface area contributed by atoms with Crippen molar-refractivity contribution in [3.05, 3.63) is 30.2 Å². The fraction of sp³-hybridized carbons (Fsp3) is 0.526. The van der Waals surface area contributed by atoms with Gasteiger partial charge in [0.15, 0.2) is 0 Å². The Balaban J connectivity index is 1.44. The minimum Gasteiger partial charge on any atom is -0.321 e. The average Bonchev–Trinajstić information content (AvgIpc) is 3.18. The average molecular weight is 339 g/mol. The van der Waals surface area contributed by atoms with Gasteiger partial charge in [0, 0.05) is 42.7 Å². The Morgan fingerprint density at radius 1 is 1.24 bits per heavy atom. The highest BCUT2D eigenvalue weighted by molar-refractivity contribution is 5.89. The zero-order valence-corrected chi connectivity index (χ0v) is 14.9. The number of anilines is 1. The van der Waals surface area contributed by atoms with E-state index in [2.05, 4.69) is 15.4 Å². The molecule has 2 aliphatic rings. The van der Waals surface area contributed by atoms with E-state index in [9.17, 15) is 4.79 Å². The van der Waals surface area contributed by atoms with Crippen LogP contribution in [0.1, 0.15) is 37.8 Å². The molecule has 25 heavy (non-hydrogen) atoms. The Labute approximate surface area is 148 Å². The highest BCUT2D eigenvalue weighted by atomic mass is 16.2. The molecule has 1 saturated heterocycles. The van der Waals surface area contributed by atoms with Gasteiger partial charge in [-0.3, -0.25) is 10.00 Å². The van der Waals surface area contributed by atoms with Crippen molar-refractivity contribution in [1.82, 2.24) is 19.7 Å². The number of carbonyl (C=O) groups is 1. The molecule has 1 aliphatic carbocycles. The molecule has 2 aromatic heterocycles. The number of urea groups is 1. The van der Waals surface area contributed by atoms with Crippen LogP contribution in [0.15, 0.2) is 24.5 Å². The number of aryl methyl sites for hydroxylation is 2. The summed E-state index contributed by atoms with van der Waals surface area (Å²) in [6, 6.07) is 4.29. The van der Waals surface area contributed by atoms with E-state index in [1.54, 1.807) is 4.68 Å². The molecule has 0 spiro atoms. The predicted molar refractivity (Wildman–Crippen MR) is 97.3 cm³/mol. The van der Waals surface area contributed by atoms with Crippen LogP contribution in [0.2, 0.25) is 0 Å². The molecule has 4 rings (SSSR count). The fourth-order valence-electron chi connectivity index (χ4n) is 4.17. The predicted octanol–water partition coefficient (Wildman–Crippen LogP) is 3.59. The molecular weight excluding hydrogens is 314 g/mol. The second kappa shape index (κ2) is 6.50. The van der Waals surface area contributed by atoms with E-state index in [0.29, 0.717) is 17.8 Å². The van der Waals surface area contributed by atoms with Gasteiger partial charge >= 0.3 is 6.03 Å². The van der Waals surface area contributed by atoms with Crippen molar-refractivity contribution in [1.29, 1.82) is 0 Å². The van der Waals surface area contributed by atoms with Gasteiger partial charge in [-0.15, -0.1) is 0 Å². The minimum atomic E-state index is -0.0100. The molecule has 132 valence electrons. The van der Waals surface area contributed by atoms with Gasteiger partial charge in [0.1, 0.15) is 5.82 Å². The lowest BCUT2D eigenvalue weighted by atomic mass is 9.88. The van der Waals surface area contributed by atoms with Crippen molar-refractivity contribution in [3.63, 3.8) is 0 Å². The van der Waals surface area contributed by atoms with E-state index < -0.39 is 0 Å². The third-order valence-corrected chi connectivity index (χ3v) is 5.61. The van der Waals surface area contributed by atoms with E-state index in [1.807, 2.05) is 43.4 Å².